The number of benzene rings is 1. The van der Waals surface area contributed by atoms with Crippen LogP contribution in [0, 0.1) is 11.7 Å². The molecule has 0 radical (unpaired) electrons. The second kappa shape index (κ2) is 9.27. The number of halogens is 2. The minimum absolute atomic E-state index is 0.122. The number of nitrogens with zero attached hydrogens (tertiary/aromatic N) is 1. The van der Waals surface area contributed by atoms with Crippen LogP contribution < -0.4 is 10.6 Å². The lowest BCUT2D eigenvalue weighted by atomic mass is 10.0. The first kappa shape index (κ1) is 20.6. The molecule has 1 heterocycles. The highest BCUT2D eigenvalue weighted by Crippen LogP contribution is 2.27. The number of rotatable bonds is 7. The lowest BCUT2D eigenvalue weighted by Gasteiger charge is -2.23. The number of thiazole rings is 1. The number of carbonyl (C=O) groups excluding carboxylic acids is 2. The Morgan fingerprint density at radius 2 is 2.04 bits per heavy atom. The van der Waals surface area contributed by atoms with Gasteiger partial charge in [-0.05, 0) is 31.0 Å². The summed E-state index contributed by atoms with van der Waals surface area (Å²) in [6.07, 6.45) is -0.638. The molecule has 142 valence electrons. The Hall–Kier alpha value is -1.74. The van der Waals surface area contributed by atoms with E-state index in [9.17, 15) is 14.0 Å². The van der Waals surface area contributed by atoms with Gasteiger partial charge >= 0.3 is 6.09 Å². The summed E-state index contributed by atoms with van der Waals surface area (Å²) in [6, 6.07) is 3.28. The van der Waals surface area contributed by atoms with Gasteiger partial charge in [0.05, 0.1) is 16.3 Å². The second-order valence-corrected chi connectivity index (χ2v) is 7.94. The normalized spacial score (nSPS) is 13.5. The summed E-state index contributed by atoms with van der Waals surface area (Å²) in [6.45, 7) is 5.68. The first-order valence-electron chi connectivity index (χ1n) is 8.17. The molecule has 2 N–H and O–H groups in total. The third kappa shape index (κ3) is 5.38. The number of hydrogen-bond acceptors (Lipinski definition) is 5. The largest absolute Gasteiger partial charge is 0.449 e. The van der Waals surface area contributed by atoms with E-state index in [0.717, 1.165) is 4.70 Å². The fourth-order valence-corrected chi connectivity index (χ4v) is 3.46. The molecule has 1 aromatic carbocycles. The number of alkyl carbamates (subject to hydrolysis) is 1. The van der Waals surface area contributed by atoms with E-state index in [1.54, 1.807) is 13.0 Å². The fraction of sp³-hybridized carbons (Fsp3) is 0.471. The molecular weight excluding hydrogens is 425 g/mol. The van der Waals surface area contributed by atoms with Gasteiger partial charge in [-0.2, -0.15) is 0 Å². The van der Waals surface area contributed by atoms with E-state index < -0.39 is 12.1 Å². The van der Waals surface area contributed by atoms with E-state index in [1.165, 1.54) is 23.5 Å². The molecule has 9 heteroatoms. The molecule has 2 amide bonds. The fourth-order valence-electron chi connectivity index (χ4n) is 2.30. The number of nitrogens with one attached hydrogen (secondary N) is 2. The predicted octanol–water partition coefficient (Wildman–Crippen LogP) is 3.76. The first-order chi connectivity index (χ1) is 12.3. The Morgan fingerprint density at radius 3 is 2.69 bits per heavy atom. The molecule has 2 aromatic rings. The zero-order chi connectivity index (χ0) is 19.3. The molecule has 0 saturated carbocycles. The molecule has 2 atom stereocenters. The summed E-state index contributed by atoms with van der Waals surface area (Å²) in [5, 5.41) is 6.62. The minimum atomic E-state index is -0.730. The number of hydrogen-bond donors (Lipinski definition) is 2. The monoisotopic (exact) mass is 445 g/mol. The summed E-state index contributed by atoms with van der Waals surface area (Å²) in [7, 11) is 0. The molecule has 26 heavy (non-hydrogen) atoms. The number of amides is 2. The summed E-state index contributed by atoms with van der Waals surface area (Å²) < 4.78 is 19.0. The third-order valence-corrected chi connectivity index (χ3v) is 5.15. The number of fused-ring (bicyclic) bond motifs is 1. The van der Waals surface area contributed by atoms with Crippen molar-refractivity contribution in [2.75, 3.05) is 11.9 Å². The number of carbonyl (C=O) groups is 2. The van der Waals surface area contributed by atoms with Crippen LogP contribution in [0.4, 0.5) is 9.18 Å². The summed E-state index contributed by atoms with van der Waals surface area (Å²) in [5.41, 5.74) is 0.685. The Morgan fingerprint density at radius 1 is 1.31 bits per heavy atom. The van der Waals surface area contributed by atoms with Crippen molar-refractivity contribution >= 4 is 49.5 Å². The van der Waals surface area contributed by atoms with Crippen LogP contribution >= 0.6 is 27.3 Å². The van der Waals surface area contributed by atoms with Crippen molar-refractivity contribution in [2.45, 2.75) is 32.9 Å². The third-order valence-electron chi connectivity index (χ3n) is 3.63. The van der Waals surface area contributed by atoms with Crippen LogP contribution in [0.1, 0.15) is 31.8 Å². The van der Waals surface area contributed by atoms with Crippen LogP contribution in [0.15, 0.2) is 18.2 Å². The SMILES string of the molecule is CC(C)[C@H](NC(=O)OCCBr)C(=O)N[C@H](C)c1nc2ccc(F)cc2s1. The van der Waals surface area contributed by atoms with Crippen molar-refractivity contribution in [2.24, 2.45) is 5.92 Å². The molecule has 0 saturated heterocycles. The maximum absolute atomic E-state index is 13.3. The van der Waals surface area contributed by atoms with Crippen LogP contribution in [-0.2, 0) is 9.53 Å². The lowest BCUT2D eigenvalue weighted by molar-refractivity contribution is -0.124. The van der Waals surface area contributed by atoms with Crippen LogP contribution in [0.25, 0.3) is 10.2 Å². The van der Waals surface area contributed by atoms with Crippen molar-refractivity contribution in [3.63, 3.8) is 0 Å². The molecule has 2 rings (SSSR count). The summed E-state index contributed by atoms with van der Waals surface area (Å²) in [4.78, 5) is 28.8. The van der Waals surface area contributed by atoms with Crippen LogP contribution in [0.5, 0.6) is 0 Å². The van der Waals surface area contributed by atoms with Gasteiger partial charge in [0.15, 0.2) is 0 Å². The van der Waals surface area contributed by atoms with Crippen LogP contribution in [-0.4, -0.2) is 35.0 Å². The predicted molar refractivity (Wildman–Crippen MR) is 103 cm³/mol. The van der Waals surface area contributed by atoms with E-state index in [2.05, 4.69) is 31.5 Å². The van der Waals surface area contributed by atoms with Gasteiger partial charge in [0.1, 0.15) is 23.5 Å². The quantitative estimate of drug-likeness (QED) is 0.635. The zero-order valence-corrected chi connectivity index (χ0v) is 17.1. The van der Waals surface area contributed by atoms with Gasteiger partial charge in [-0.3, -0.25) is 4.79 Å². The maximum atomic E-state index is 13.3. The molecule has 0 aliphatic rings. The topological polar surface area (TPSA) is 80.3 Å². The molecule has 0 aliphatic carbocycles. The molecular formula is C17H21BrFN3O3S. The van der Waals surface area contributed by atoms with Gasteiger partial charge in [-0.1, -0.05) is 29.8 Å². The van der Waals surface area contributed by atoms with Crippen molar-refractivity contribution in [3.8, 4) is 0 Å². The van der Waals surface area contributed by atoms with Crippen LogP contribution in [0.2, 0.25) is 0 Å². The van der Waals surface area contributed by atoms with Crippen LogP contribution in [0.3, 0.4) is 0 Å². The maximum Gasteiger partial charge on any atom is 0.407 e. The second-order valence-electron chi connectivity index (χ2n) is 6.09. The number of aromatic nitrogens is 1. The Bertz CT molecular complexity index is 784. The summed E-state index contributed by atoms with van der Waals surface area (Å²) >= 11 is 4.49. The lowest BCUT2D eigenvalue weighted by Crippen LogP contribution is -2.50. The average Bonchev–Trinajstić information content (AvgIpc) is 3.00. The zero-order valence-electron chi connectivity index (χ0n) is 14.7. The number of ether oxygens (including phenoxy) is 1. The molecule has 0 spiro atoms. The molecule has 6 nitrogen and oxygen atoms in total. The first-order valence-corrected chi connectivity index (χ1v) is 10.1. The Labute approximate surface area is 163 Å². The summed E-state index contributed by atoms with van der Waals surface area (Å²) in [5.74, 6) is -0.771. The van der Waals surface area contributed by atoms with E-state index in [4.69, 9.17) is 4.74 Å². The number of alkyl halides is 1. The standard InChI is InChI=1S/C17H21BrFN3O3S/c1-9(2)14(22-17(24)25-7-6-18)15(23)20-10(3)16-21-12-5-4-11(19)8-13(12)26-16/h4-5,8-10,14H,6-7H2,1-3H3,(H,20,23)(H,22,24)/t10-,14+/m1/s1. The molecule has 0 aliphatic heterocycles. The van der Waals surface area contributed by atoms with Gasteiger partial charge in [-0.25, -0.2) is 14.2 Å². The molecule has 1 aromatic heterocycles. The molecule has 0 unspecified atom stereocenters. The highest BCUT2D eigenvalue weighted by Gasteiger charge is 2.26. The minimum Gasteiger partial charge on any atom is -0.449 e. The molecule has 0 fully saturated rings. The van der Waals surface area contributed by atoms with E-state index in [1.807, 2.05) is 13.8 Å². The van der Waals surface area contributed by atoms with Gasteiger partial charge in [0.2, 0.25) is 5.91 Å². The van der Waals surface area contributed by atoms with Crippen molar-refractivity contribution in [3.05, 3.63) is 29.0 Å². The van der Waals surface area contributed by atoms with Crippen molar-refractivity contribution in [1.82, 2.24) is 15.6 Å². The highest BCUT2D eigenvalue weighted by molar-refractivity contribution is 9.09. The molecule has 0 bridgehead atoms. The van der Waals surface area contributed by atoms with Gasteiger partial charge in [0, 0.05) is 5.33 Å². The highest BCUT2D eigenvalue weighted by atomic mass is 79.9. The van der Waals surface area contributed by atoms with E-state index >= 15 is 0 Å². The smallest absolute Gasteiger partial charge is 0.407 e. The van der Waals surface area contributed by atoms with Gasteiger partial charge < -0.3 is 15.4 Å². The van der Waals surface area contributed by atoms with Crippen molar-refractivity contribution in [1.29, 1.82) is 0 Å². The Balaban J connectivity index is 2.05. The van der Waals surface area contributed by atoms with Crippen molar-refractivity contribution < 1.29 is 18.7 Å². The average molecular weight is 446 g/mol. The van der Waals surface area contributed by atoms with Gasteiger partial charge in [-0.15, -0.1) is 11.3 Å². The van der Waals surface area contributed by atoms with E-state index in [0.29, 0.717) is 15.9 Å². The van der Waals surface area contributed by atoms with Gasteiger partial charge in [0.25, 0.3) is 0 Å². The Kier molecular flexibility index (Phi) is 7.33. The van der Waals surface area contributed by atoms with E-state index in [-0.39, 0.29) is 30.3 Å².